The Morgan fingerprint density at radius 1 is 1.20 bits per heavy atom. The van der Waals surface area contributed by atoms with E-state index in [0.29, 0.717) is 0 Å². The van der Waals surface area contributed by atoms with Crippen LogP contribution in [0.4, 0.5) is 5.69 Å². The van der Waals surface area contributed by atoms with Crippen LogP contribution in [0, 0.1) is 6.92 Å². The Kier molecular flexibility index (Phi) is 3.85. The Bertz CT molecular complexity index is 357. The van der Waals surface area contributed by atoms with Crippen LogP contribution >= 0.6 is 0 Å². The van der Waals surface area contributed by atoms with E-state index in [4.69, 9.17) is 5.73 Å². The van der Waals surface area contributed by atoms with Crippen molar-refractivity contribution in [3.63, 3.8) is 0 Å². The van der Waals surface area contributed by atoms with Crippen molar-refractivity contribution in [1.82, 2.24) is 0 Å². The lowest BCUT2D eigenvalue weighted by Crippen LogP contribution is -2.17. The molecule has 0 spiro atoms. The molecule has 1 aromatic carbocycles. The van der Waals surface area contributed by atoms with Gasteiger partial charge >= 0.3 is 0 Å². The standard InChI is InChI=1S/C11H14N2O2/c1-8-2-4-9(5-3-8)13-11(15)7-6-10(12)14/h2-5H,6-7H2,1H3,(H2,12,14)(H,13,15). The number of carbonyl (C=O) groups excluding carboxylic acids is 2. The predicted molar refractivity (Wildman–Crippen MR) is 58.2 cm³/mol. The number of nitrogens with two attached hydrogens (primary N) is 1. The molecule has 0 radical (unpaired) electrons. The second kappa shape index (κ2) is 5.14. The first-order valence-corrected chi connectivity index (χ1v) is 4.73. The maximum Gasteiger partial charge on any atom is 0.224 e. The summed E-state index contributed by atoms with van der Waals surface area (Å²) in [4.78, 5) is 21.7. The van der Waals surface area contributed by atoms with E-state index in [-0.39, 0.29) is 18.7 Å². The largest absolute Gasteiger partial charge is 0.370 e. The van der Waals surface area contributed by atoms with Gasteiger partial charge in [0.1, 0.15) is 0 Å². The summed E-state index contributed by atoms with van der Waals surface area (Å²) < 4.78 is 0. The zero-order chi connectivity index (χ0) is 11.3. The monoisotopic (exact) mass is 206 g/mol. The van der Waals surface area contributed by atoms with E-state index in [1.807, 2.05) is 31.2 Å². The van der Waals surface area contributed by atoms with E-state index in [2.05, 4.69) is 5.32 Å². The summed E-state index contributed by atoms with van der Waals surface area (Å²) >= 11 is 0. The summed E-state index contributed by atoms with van der Waals surface area (Å²) in [7, 11) is 0. The van der Waals surface area contributed by atoms with Crippen molar-refractivity contribution < 1.29 is 9.59 Å². The van der Waals surface area contributed by atoms with Gasteiger partial charge in [-0.3, -0.25) is 9.59 Å². The third kappa shape index (κ3) is 4.26. The molecule has 0 aliphatic rings. The Morgan fingerprint density at radius 3 is 2.33 bits per heavy atom. The molecule has 0 aliphatic carbocycles. The number of hydrogen-bond acceptors (Lipinski definition) is 2. The summed E-state index contributed by atoms with van der Waals surface area (Å²) in [5, 5.41) is 2.68. The normalized spacial score (nSPS) is 9.67. The van der Waals surface area contributed by atoms with Crippen LogP contribution in [0.25, 0.3) is 0 Å². The van der Waals surface area contributed by atoms with Gasteiger partial charge in [-0.05, 0) is 19.1 Å². The SMILES string of the molecule is Cc1ccc(NC(=O)CCC(N)=O)cc1. The molecule has 2 amide bonds. The number of hydrogen-bond donors (Lipinski definition) is 2. The highest BCUT2D eigenvalue weighted by molar-refractivity contribution is 5.92. The molecule has 1 rings (SSSR count). The third-order valence-electron chi connectivity index (χ3n) is 1.93. The summed E-state index contributed by atoms with van der Waals surface area (Å²) in [5.41, 5.74) is 6.80. The quantitative estimate of drug-likeness (QED) is 0.776. The molecule has 4 nitrogen and oxygen atoms in total. The lowest BCUT2D eigenvalue weighted by molar-refractivity contribution is -0.122. The first-order chi connectivity index (χ1) is 7.08. The number of rotatable bonds is 4. The highest BCUT2D eigenvalue weighted by atomic mass is 16.2. The first kappa shape index (κ1) is 11.2. The maximum atomic E-state index is 11.3. The van der Waals surface area contributed by atoms with Gasteiger partial charge in [0, 0.05) is 18.5 Å². The van der Waals surface area contributed by atoms with Gasteiger partial charge in [0.15, 0.2) is 0 Å². The molecule has 0 atom stereocenters. The molecule has 1 aromatic rings. The molecular formula is C11H14N2O2. The van der Waals surface area contributed by atoms with E-state index in [0.717, 1.165) is 11.3 Å². The van der Waals surface area contributed by atoms with Crippen LogP contribution in [0.3, 0.4) is 0 Å². The lowest BCUT2D eigenvalue weighted by atomic mass is 10.2. The minimum atomic E-state index is -0.464. The van der Waals surface area contributed by atoms with Crippen molar-refractivity contribution in [2.24, 2.45) is 5.73 Å². The molecule has 0 heterocycles. The van der Waals surface area contributed by atoms with Crippen LogP contribution in [0.1, 0.15) is 18.4 Å². The van der Waals surface area contributed by atoms with Gasteiger partial charge in [0.25, 0.3) is 0 Å². The van der Waals surface area contributed by atoms with E-state index in [9.17, 15) is 9.59 Å². The summed E-state index contributed by atoms with van der Waals surface area (Å²) in [6.45, 7) is 1.97. The van der Waals surface area contributed by atoms with Crippen molar-refractivity contribution in [3.05, 3.63) is 29.8 Å². The van der Waals surface area contributed by atoms with Gasteiger partial charge in [0.05, 0.1) is 0 Å². The zero-order valence-electron chi connectivity index (χ0n) is 8.62. The van der Waals surface area contributed by atoms with Crippen LogP contribution in [0.2, 0.25) is 0 Å². The Hall–Kier alpha value is -1.84. The molecule has 4 heteroatoms. The Labute approximate surface area is 88.5 Å². The van der Waals surface area contributed by atoms with E-state index in [1.54, 1.807) is 0 Å². The molecule has 0 aromatic heterocycles. The summed E-state index contributed by atoms with van der Waals surface area (Å²) in [6, 6.07) is 7.45. The van der Waals surface area contributed by atoms with Crippen molar-refractivity contribution >= 4 is 17.5 Å². The van der Waals surface area contributed by atoms with Crippen LogP contribution in [-0.4, -0.2) is 11.8 Å². The predicted octanol–water partition coefficient (Wildman–Crippen LogP) is 1.20. The number of nitrogens with one attached hydrogen (secondary N) is 1. The average Bonchev–Trinajstić information content (AvgIpc) is 2.19. The molecule has 15 heavy (non-hydrogen) atoms. The highest BCUT2D eigenvalue weighted by Crippen LogP contribution is 2.08. The minimum absolute atomic E-state index is 0.0810. The van der Waals surface area contributed by atoms with Crippen molar-refractivity contribution in [2.45, 2.75) is 19.8 Å². The number of anilines is 1. The molecule has 0 fully saturated rings. The first-order valence-electron chi connectivity index (χ1n) is 4.73. The number of aryl methyl sites for hydroxylation is 1. The van der Waals surface area contributed by atoms with Crippen LogP contribution < -0.4 is 11.1 Å². The molecule has 3 N–H and O–H groups in total. The topological polar surface area (TPSA) is 72.2 Å². The van der Waals surface area contributed by atoms with Gasteiger partial charge in [-0.1, -0.05) is 17.7 Å². The fourth-order valence-corrected chi connectivity index (χ4v) is 1.10. The van der Waals surface area contributed by atoms with Gasteiger partial charge in [-0.15, -0.1) is 0 Å². The molecule has 0 saturated carbocycles. The van der Waals surface area contributed by atoms with Gasteiger partial charge in [-0.2, -0.15) is 0 Å². The molecule has 0 aliphatic heterocycles. The van der Waals surface area contributed by atoms with Gasteiger partial charge < -0.3 is 11.1 Å². The van der Waals surface area contributed by atoms with E-state index < -0.39 is 5.91 Å². The second-order valence-electron chi connectivity index (χ2n) is 3.38. The number of amides is 2. The lowest BCUT2D eigenvalue weighted by Gasteiger charge is -2.04. The van der Waals surface area contributed by atoms with E-state index in [1.165, 1.54) is 0 Å². The maximum absolute atomic E-state index is 11.3. The van der Waals surface area contributed by atoms with Crippen molar-refractivity contribution in [2.75, 3.05) is 5.32 Å². The summed E-state index contributed by atoms with van der Waals surface area (Å²) in [6.07, 6.45) is 0.209. The molecule has 0 bridgehead atoms. The van der Waals surface area contributed by atoms with Crippen molar-refractivity contribution in [1.29, 1.82) is 0 Å². The smallest absolute Gasteiger partial charge is 0.224 e. The van der Waals surface area contributed by atoms with E-state index >= 15 is 0 Å². The Balaban J connectivity index is 2.44. The fourth-order valence-electron chi connectivity index (χ4n) is 1.10. The minimum Gasteiger partial charge on any atom is -0.370 e. The fraction of sp³-hybridized carbons (Fsp3) is 0.273. The van der Waals surface area contributed by atoms with Crippen LogP contribution in [-0.2, 0) is 9.59 Å². The molecule has 0 unspecified atom stereocenters. The Morgan fingerprint density at radius 2 is 1.80 bits per heavy atom. The number of benzene rings is 1. The second-order valence-corrected chi connectivity index (χ2v) is 3.38. The number of primary amides is 1. The summed E-state index contributed by atoms with van der Waals surface area (Å²) in [5.74, 6) is -0.660. The number of carbonyl (C=O) groups is 2. The molecule has 0 saturated heterocycles. The third-order valence-corrected chi connectivity index (χ3v) is 1.93. The van der Waals surface area contributed by atoms with Crippen LogP contribution in [0.15, 0.2) is 24.3 Å². The molecular weight excluding hydrogens is 192 g/mol. The van der Waals surface area contributed by atoms with Gasteiger partial charge in [0.2, 0.25) is 11.8 Å². The highest BCUT2D eigenvalue weighted by Gasteiger charge is 2.03. The van der Waals surface area contributed by atoms with Crippen molar-refractivity contribution in [3.8, 4) is 0 Å². The zero-order valence-corrected chi connectivity index (χ0v) is 8.62. The average molecular weight is 206 g/mol. The molecule has 80 valence electrons. The van der Waals surface area contributed by atoms with Crippen LogP contribution in [0.5, 0.6) is 0 Å². The van der Waals surface area contributed by atoms with Gasteiger partial charge in [-0.25, -0.2) is 0 Å².